The van der Waals surface area contributed by atoms with Crippen LogP contribution in [0.25, 0.3) is 0 Å². The molecule has 116 valence electrons. The van der Waals surface area contributed by atoms with E-state index in [9.17, 15) is 18.0 Å². The van der Waals surface area contributed by atoms with E-state index in [0.717, 1.165) is 4.31 Å². The molecule has 0 bridgehead atoms. The third-order valence-electron chi connectivity index (χ3n) is 2.93. The molecule has 1 aliphatic rings. The van der Waals surface area contributed by atoms with Gasteiger partial charge in [0.2, 0.25) is 0 Å². The minimum atomic E-state index is -3.92. The van der Waals surface area contributed by atoms with Crippen molar-refractivity contribution >= 4 is 22.3 Å². The number of carboxylic acids is 1. The van der Waals surface area contributed by atoms with Crippen molar-refractivity contribution in [1.29, 1.82) is 0 Å². The predicted molar refractivity (Wildman–Crippen MR) is 70.2 cm³/mol. The lowest BCUT2D eigenvalue weighted by Crippen LogP contribution is -2.47. The normalized spacial score (nSPS) is 17.9. The largest absolute Gasteiger partial charge is 0.481 e. The molecule has 0 unspecified atom stereocenters. The number of hydrogen-bond acceptors (Lipinski definition) is 5. The van der Waals surface area contributed by atoms with Crippen LogP contribution in [0, 0.1) is 5.92 Å². The second-order valence-corrected chi connectivity index (χ2v) is 6.67. The summed E-state index contributed by atoms with van der Waals surface area (Å²) in [7, 11) is -3.92. The number of nitrogens with zero attached hydrogens (tertiary/aromatic N) is 1. The summed E-state index contributed by atoms with van der Waals surface area (Å²) in [6.07, 6.45) is -0.450. The van der Waals surface area contributed by atoms with Crippen LogP contribution in [0.2, 0.25) is 0 Å². The van der Waals surface area contributed by atoms with Gasteiger partial charge in [0.25, 0.3) is 0 Å². The topological polar surface area (TPSA) is 113 Å². The van der Waals surface area contributed by atoms with E-state index in [1.807, 2.05) is 4.72 Å². The quantitative estimate of drug-likeness (QED) is 0.767. The van der Waals surface area contributed by atoms with E-state index in [4.69, 9.17) is 9.84 Å². The fourth-order valence-electron chi connectivity index (χ4n) is 2.01. The van der Waals surface area contributed by atoms with E-state index in [2.05, 4.69) is 0 Å². The van der Waals surface area contributed by atoms with Crippen LogP contribution in [-0.4, -0.2) is 49.1 Å². The Morgan fingerprint density at radius 1 is 1.35 bits per heavy atom. The number of ether oxygens (including phenoxy) is 1. The molecule has 1 fully saturated rings. The molecule has 0 aromatic heterocycles. The Morgan fingerprint density at radius 3 is 2.35 bits per heavy atom. The van der Waals surface area contributed by atoms with Crippen molar-refractivity contribution in [2.24, 2.45) is 5.92 Å². The Hall–Kier alpha value is -1.35. The van der Waals surface area contributed by atoms with Crippen molar-refractivity contribution < 1.29 is 27.9 Å². The van der Waals surface area contributed by atoms with Gasteiger partial charge in [-0.1, -0.05) is 0 Å². The lowest BCUT2D eigenvalue weighted by atomic mass is 9.95. The Balaban J connectivity index is 2.50. The second kappa shape index (κ2) is 6.89. The van der Waals surface area contributed by atoms with Crippen molar-refractivity contribution in [2.45, 2.75) is 39.2 Å². The first-order chi connectivity index (χ1) is 9.20. The number of carbonyl (C=O) groups is 2. The highest BCUT2D eigenvalue weighted by Crippen LogP contribution is 2.21. The maximum atomic E-state index is 11.9. The average molecular weight is 308 g/mol. The van der Waals surface area contributed by atoms with Crippen molar-refractivity contribution in [3.05, 3.63) is 0 Å². The lowest BCUT2D eigenvalue weighted by molar-refractivity contribution is -0.138. The van der Waals surface area contributed by atoms with Crippen LogP contribution in [-0.2, 0) is 19.7 Å². The van der Waals surface area contributed by atoms with Gasteiger partial charge in [-0.3, -0.25) is 4.79 Å². The molecule has 1 rings (SSSR count). The van der Waals surface area contributed by atoms with Gasteiger partial charge in [0.05, 0.1) is 6.10 Å². The van der Waals surface area contributed by atoms with Gasteiger partial charge < -0.3 is 9.84 Å². The maximum absolute atomic E-state index is 11.9. The van der Waals surface area contributed by atoms with Crippen LogP contribution in [0.5, 0.6) is 0 Å². The van der Waals surface area contributed by atoms with Gasteiger partial charge in [0, 0.05) is 19.5 Å². The molecule has 0 saturated carbocycles. The molecule has 8 nitrogen and oxygen atoms in total. The Kier molecular flexibility index (Phi) is 5.75. The summed E-state index contributed by atoms with van der Waals surface area (Å²) in [6, 6.07) is 0. The monoisotopic (exact) mass is 308 g/mol. The molecule has 2 N–H and O–H groups in total. The first kappa shape index (κ1) is 16.7. The Labute approximate surface area is 118 Å². The summed E-state index contributed by atoms with van der Waals surface area (Å²) in [5, 5.41) is 8.69. The van der Waals surface area contributed by atoms with E-state index >= 15 is 0 Å². The molecule has 1 aliphatic heterocycles. The van der Waals surface area contributed by atoms with Gasteiger partial charge in [0.15, 0.2) is 0 Å². The first-order valence-electron chi connectivity index (χ1n) is 6.41. The number of piperidine rings is 1. The minimum Gasteiger partial charge on any atom is -0.481 e. The van der Waals surface area contributed by atoms with Gasteiger partial charge in [0.1, 0.15) is 0 Å². The highest BCUT2D eigenvalue weighted by Gasteiger charge is 2.30. The predicted octanol–water partition coefficient (Wildman–Crippen LogP) is 0.552. The Bertz CT molecular complexity index is 454. The molecular weight excluding hydrogens is 288 g/mol. The number of rotatable bonds is 5. The number of nitrogens with one attached hydrogen (secondary N) is 1. The molecule has 0 radical (unpaired) electrons. The third kappa shape index (κ3) is 5.33. The summed E-state index contributed by atoms with van der Waals surface area (Å²) in [6.45, 7) is 3.62. The van der Waals surface area contributed by atoms with Crippen LogP contribution >= 0.6 is 0 Å². The summed E-state index contributed by atoms with van der Waals surface area (Å²) in [5.41, 5.74) is 0. The Morgan fingerprint density at radius 2 is 1.90 bits per heavy atom. The zero-order chi connectivity index (χ0) is 15.3. The summed E-state index contributed by atoms with van der Waals surface area (Å²) < 4.78 is 31.5. The third-order valence-corrected chi connectivity index (χ3v) is 4.40. The van der Waals surface area contributed by atoms with Gasteiger partial charge in [-0.25, -0.2) is 9.52 Å². The molecule has 0 aromatic rings. The van der Waals surface area contributed by atoms with Crippen molar-refractivity contribution in [2.75, 3.05) is 13.1 Å². The van der Waals surface area contributed by atoms with E-state index in [0.29, 0.717) is 12.8 Å². The van der Waals surface area contributed by atoms with Crippen LogP contribution in [0.15, 0.2) is 0 Å². The van der Waals surface area contributed by atoms with E-state index < -0.39 is 28.4 Å². The van der Waals surface area contributed by atoms with Gasteiger partial charge >= 0.3 is 22.3 Å². The molecule has 0 spiro atoms. The molecule has 20 heavy (non-hydrogen) atoms. The number of carbonyl (C=O) groups excluding carboxylic acids is 1. The molecule has 1 saturated heterocycles. The van der Waals surface area contributed by atoms with Gasteiger partial charge in [-0.2, -0.15) is 12.7 Å². The van der Waals surface area contributed by atoms with Crippen LogP contribution in [0.1, 0.15) is 33.1 Å². The molecule has 0 atom stereocenters. The van der Waals surface area contributed by atoms with Crippen molar-refractivity contribution in [3.8, 4) is 0 Å². The first-order valence-corrected chi connectivity index (χ1v) is 7.85. The fourth-order valence-corrected chi connectivity index (χ4v) is 3.09. The summed E-state index contributed by atoms with van der Waals surface area (Å²) >= 11 is 0. The van der Waals surface area contributed by atoms with E-state index in [1.54, 1.807) is 13.8 Å². The summed E-state index contributed by atoms with van der Waals surface area (Å²) in [5.74, 6) is -0.911. The molecule has 0 aliphatic carbocycles. The van der Waals surface area contributed by atoms with E-state index in [1.165, 1.54) is 0 Å². The minimum absolute atomic E-state index is 0.0263. The standard InChI is InChI=1S/C11H20N2O6S/c1-8(2)19-11(16)12-20(17,18)13-5-3-9(4-6-13)7-10(14)15/h8-9H,3-7H2,1-2H3,(H,12,16)(H,14,15). The van der Waals surface area contributed by atoms with Crippen LogP contribution in [0.3, 0.4) is 0 Å². The fraction of sp³-hybridized carbons (Fsp3) is 0.818. The van der Waals surface area contributed by atoms with Gasteiger partial charge in [-0.05, 0) is 32.6 Å². The van der Waals surface area contributed by atoms with Crippen LogP contribution < -0.4 is 4.72 Å². The molecule has 9 heteroatoms. The highest BCUT2D eigenvalue weighted by atomic mass is 32.2. The average Bonchev–Trinajstić information content (AvgIpc) is 2.26. The molecule has 1 heterocycles. The lowest BCUT2D eigenvalue weighted by Gasteiger charge is -2.30. The summed E-state index contributed by atoms with van der Waals surface area (Å²) in [4.78, 5) is 21.9. The number of aliphatic carboxylic acids is 1. The van der Waals surface area contributed by atoms with E-state index in [-0.39, 0.29) is 25.4 Å². The maximum Gasteiger partial charge on any atom is 0.422 e. The molecule has 0 aromatic carbocycles. The number of amides is 1. The van der Waals surface area contributed by atoms with Crippen molar-refractivity contribution in [1.82, 2.24) is 9.03 Å². The van der Waals surface area contributed by atoms with Gasteiger partial charge in [-0.15, -0.1) is 0 Å². The zero-order valence-corrected chi connectivity index (χ0v) is 12.4. The van der Waals surface area contributed by atoms with Crippen molar-refractivity contribution in [3.63, 3.8) is 0 Å². The second-order valence-electron chi connectivity index (χ2n) is 5.00. The number of hydrogen-bond donors (Lipinski definition) is 2. The molecular formula is C11H20N2O6S. The smallest absolute Gasteiger partial charge is 0.422 e. The zero-order valence-electron chi connectivity index (χ0n) is 11.5. The SMILES string of the molecule is CC(C)OC(=O)NS(=O)(=O)N1CCC(CC(=O)O)CC1. The highest BCUT2D eigenvalue weighted by molar-refractivity contribution is 7.87. The molecule has 1 amide bonds. The number of carboxylic acid groups (broad SMARTS) is 1. The van der Waals surface area contributed by atoms with Crippen LogP contribution in [0.4, 0.5) is 4.79 Å².